The summed E-state index contributed by atoms with van der Waals surface area (Å²) in [5.74, 6) is 1.46. The van der Waals surface area contributed by atoms with E-state index in [1.807, 2.05) is 0 Å². The van der Waals surface area contributed by atoms with E-state index in [-0.39, 0.29) is 0 Å². The van der Waals surface area contributed by atoms with Gasteiger partial charge in [-0.15, -0.1) is 0 Å². The molecule has 0 radical (unpaired) electrons. The van der Waals surface area contributed by atoms with E-state index in [2.05, 4.69) is 51.1 Å². The third-order valence-electron chi connectivity index (χ3n) is 3.82. The van der Waals surface area contributed by atoms with Gasteiger partial charge in [-0.05, 0) is 43.6 Å². The van der Waals surface area contributed by atoms with Crippen molar-refractivity contribution in [2.24, 2.45) is 16.8 Å². The SMILES string of the molecule is CC(C)C1CCCC1=N[C@@H](C)c1ccccc1. The van der Waals surface area contributed by atoms with Crippen LogP contribution in [0.15, 0.2) is 35.3 Å². The van der Waals surface area contributed by atoms with Crippen LogP contribution in [0.3, 0.4) is 0 Å². The lowest BCUT2D eigenvalue weighted by Crippen LogP contribution is -2.14. The van der Waals surface area contributed by atoms with Gasteiger partial charge >= 0.3 is 0 Å². The number of benzene rings is 1. The van der Waals surface area contributed by atoms with Crippen molar-refractivity contribution in [1.29, 1.82) is 0 Å². The van der Waals surface area contributed by atoms with Crippen molar-refractivity contribution in [2.75, 3.05) is 0 Å². The van der Waals surface area contributed by atoms with E-state index in [1.54, 1.807) is 0 Å². The third kappa shape index (κ3) is 2.96. The Kier molecular flexibility index (Phi) is 3.98. The highest BCUT2D eigenvalue weighted by Crippen LogP contribution is 2.31. The van der Waals surface area contributed by atoms with Crippen LogP contribution in [-0.4, -0.2) is 5.71 Å². The molecule has 92 valence electrons. The summed E-state index contributed by atoms with van der Waals surface area (Å²) >= 11 is 0. The molecule has 0 spiro atoms. The summed E-state index contributed by atoms with van der Waals surface area (Å²) in [6, 6.07) is 10.9. The predicted molar refractivity (Wildman–Crippen MR) is 74.5 cm³/mol. The molecule has 1 nitrogen and oxygen atoms in total. The van der Waals surface area contributed by atoms with Crippen LogP contribution in [0.2, 0.25) is 0 Å². The molecule has 1 fully saturated rings. The first kappa shape index (κ1) is 12.3. The molecule has 1 heteroatoms. The van der Waals surface area contributed by atoms with Gasteiger partial charge in [0.2, 0.25) is 0 Å². The predicted octanol–water partition coefficient (Wildman–Crippen LogP) is 4.64. The molecular weight excluding hydrogens is 206 g/mol. The summed E-state index contributed by atoms with van der Waals surface area (Å²) in [6.45, 7) is 6.84. The second-order valence-electron chi connectivity index (χ2n) is 5.45. The van der Waals surface area contributed by atoms with E-state index >= 15 is 0 Å². The summed E-state index contributed by atoms with van der Waals surface area (Å²) in [5, 5.41) is 0. The van der Waals surface area contributed by atoms with Gasteiger partial charge in [-0.1, -0.05) is 44.2 Å². The molecule has 1 aliphatic carbocycles. The molecule has 0 aromatic heterocycles. The van der Waals surface area contributed by atoms with Crippen molar-refractivity contribution in [3.05, 3.63) is 35.9 Å². The van der Waals surface area contributed by atoms with Gasteiger partial charge < -0.3 is 0 Å². The van der Waals surface area contributed by atoms with Gasteiger partial charge in [0, 0.05) is 5.71 Å². The van der Waals surface area contributed by atoms with Crippen molar-refractivity contribution >= 4 is 5.71 Å². The molecule has 0 saturated heterocycles. The zero-order valence-electron chi connectivity index (χ0n) is 11.2. The lowest BCUT2D eigenvalue weighted by molar-refractivity contribution is 0.485. The summed E-state index contributed by atoms with van der Waals surface area (Å²) in [6.07, 6.45) is 3.86. The van der Waals surface area contributed by atoms with Gasteiger partial charge in [-0.2, -0.15) is 0 Å². The molecule has 0 amide bonds. The molecule has 2 rings (SSSR count). The Morgan fingerprint density at radius 2 is 1.82 bits per heavy atom. The minimum absolute atomic E-state index is 0.311. The highest BCUT2D eigenvalue weighted by Gasteiger charge is 2.25. The lowest BCUT2D eigenvalue weighted by atomic mass is 9.93. The first-order valence-electron chi connectivity index (χ1n) is 6.80. The standard InChI is InChI=1S/C16H23N/c1-12(2)15-10-7-11-16(15)17-13(3)14-8-5-4-6-9-14/h4-6,8-9,12-13,15H,7,10-11H2,1-3H3/t13-,15?/m0/s1. The van der Waals surface area contributed by atoms with Crippen LogP contribution in [0, 0.1) is 11.8 Å². The van der Waals surface area contributed by atoms with Crippen molar-refractivity contribution < 1.29 is 0 Å². The first-order chi connectivity index (χ1) is 8.18. The highest BCUT2D eigenvalue weighted by atomic mass is 14.8. The highest BCUT2D eigenvalue weighted by molar-refractivity contribution is 5.88. The van der Waals surface area contributed by atoms with Crippen molar-refractivity contribution in [1.82, 2.24) is 0 Å². The van der Waals surface area contributed by atoms with E-state index in [9.17, 15) is 0 Å². The quantitative estimate of drug-likeness (QED) is 0.715. The van der Waals surface area contributed by atoms with Crippen LogP contribution >= 0.6 is 0 Å². The molecule has 0 heterocycles. The largest absolute Gasteiger partial charge is 0.286 e. The smallest absolute Gasteiger partial charge is 0.0720 e. The monoisotopic (exact) mass is 229 g/mol. The number of nitrogens with zero attached hydrogens (tertiary/aromatic N) is 1. The molecule has 1 aliphatic rings. The molecule has 1 aromatic carbocycles. The average molecular weight is 229 g/mol. The molecule has 0 N–H and O–H groups in total. The van der Waals surface area contributed by atoms with E-state index in [0.29, 0.717) is 6.04 Å². The third-order valence-corrected chi connectivity index (χ3v) is 3.82. The molecule has 1 unspecified atom stereocenters. The van der Waals surface area contributed by atoms with Crippen LogP contribution in [0.5, 0.6) is 0 Å². The molecule has 0 aliphatic heterocycles. The van der Waals surface area contributed by atoms with Crippen LogP contribution in [0.4, 0.5) is 0 Å². The van der Waals surface area contributed by atoms with E-state index in [4.69, 9.17) is 4.99 Å². The summed E-state index contributed by atoms with van der Waals surface area (Å²) < 4.78 is 0. The Morgan fingerprint density at radius 1 is 1.12 bits per heavy atom. The number of hydrogen-bond donors (Lipinski definition) is 0. The maximum absolute atomic E-state index is 4.97. The number of rotatable bonds is 3. The van der Waals surface area contributed by atoms with Crippen LogP contribution < -0.4 is 0 Å². The fourth-order valence-corrected chi connectivity index (χ4v) is 2.79. The lowest BCUT2D eigenvalue weighted by Gasteiger charge is -2.17. The van der Waals surface area contributed by atoms with Gasteiger partial charge in [0.05, 0.1) is 6.04 Å². The fourth-order valence-electron chi connectivity index (χ4n) is 2.79. The molecule has 1 saturated carbocycles. The second kappa shape index (κ2) is 5.48. The zero-order chi connectivity index (χ0) is 12.3. The normalized spacial score (nSPS) is 24.5. The van der Waals surface area contributed by atoms with Gasteiger partial charge in [0.1, 0.15) is 0 Å². The van der Waals surface area contributed by atoms with Gasteiger partial charge in [0.15, 0.2) is 0 Å². The van der Waals surface area contributed by atoms with Crippen molar-refractivity contribution in [3.63, 3.8) is 0 Å². The van der Waals surface area contributed by atoms with E-state index in [0.717, 1.165) is 11.8 Å². The fraction of sp³-hybridized carbons (Fsp3) is 0.562. The van der Waals surface area contributed by atoms with Crippen LogP contribution in [-0.2, 0) is 0 Å². The van der Waals surface area contributed by atoms with Gasteiger partial charge in [0.25, 0.3) is 0 Å². The van der Waals surface area contributed by atoms with Gasteiger partial charge in [-0.3, -0.25) is 4.99 Å². The summed E-state index contributed by atoms with van der Waals surface area (Å²) in [4.78, 5) is 4.97. The van der Waals surface area contributed by atoms with Crippen LogP contribution in [0.1, 0.15) is 51.6 Å². The Balaban J connectivity index is 2.13. The molecule has 17 heavy (non-hydrogen) atoms. The Labute approximate surface area is 105 Å². The Hall–Kier alpha value is -1.11. The topological polar surface area (TPSA) is 12.4 Å². The minimum atomic E-state index is 0.311. The number of hydrogen-bond acceptors (Lipinski definition) is 1. The van der Waals surface area contributed by atoms with Gasteiger partial charge in [-0.25, -0.2) is 0 Å². The van der Waals surface area contributed by atoms with Crippen molar-refractivity contribution in [2.45, 2.75) is 46.1 Å². The molecule has 1 aromatic rings. The molecular formula is C16H23N. The van der Waals surface area contributed by atoms with E-state index in [1.165, 1.54) is 30.5 Å². The van der Waals surface area contributed by atoms with E-state index < -0.39 is 0 Å². The Morgan fingerprint density at radius 3 is 2.47 bits per heavy atom. The first-order valence-corrected chi connectivity index (χ1v) is 6.80. The Bertz CT molecular complexity index is 378. The van der Waals surface area contributed by atoms with Crippen LogP contribution in [0.25, 0.3) is 0 Å². The maximum Gasteiger partial charge on any atom is 0.0720 e. The minimum Gasteiger partial charge on any atom is -0.286 e. The number of aliphatic imine (C=N–C) groups is 1. The zero-order valence-corrected chi connectivity index (χ0v) is 11.2. The summed E-state index contributed by atoms with van der Waals surface area (Å²) in [7, 11) is 0. The molecule has 0 bridgehead atoms. The summed E-state index contributed by atoms with van der Waals surface area (Å²) in [5.41, 5.74) is 2.78. The molecule has 2 atom stereocenters. The average Bonchev–Trinajstić information content (AvgIpc) is 2.78. The second-order valence-corrected chi connectivity index (χ2v) is 5.45. The maximum atomic E-state index is 4.97. The van der Waals surface area contributed by atoms with Crippen molar-refractivity contribution in [3.8, 4) is 0 Å².